The number of β-amino-alcohol motifs (C(OH)–C–C–N with tert-alkyl or cyclic N) is 1. The fourth-order valence-electron chi connectivity index (χ4n) is 4.00. The predicted octanol–water partition coefficient (Wildman–Crippen LogP) is 2.63. The highest BCUT2D eigenvalue weighted by Crippen LogP contribution is 2.51. The first kappa shape index (κ1) is 17.2. The fourth-order valence-corrected chi connectivity index (χ4v) is 4.13. The van der Waals surface area contributed by atoms with Gasteiger partial charge in [-0.2, -0.15) is 0 Å². The van der Waals surface area contributed by atoms with Crippen molar-refractivity contribution in [3.8, 4) is 0 Å². The molecule has 1 aromatic carbocycles. The van der Waals surface area contributed by atoms with Gasteiger partial charge in [0.05, 0.1) is 18.3 Å². The molecule has 128 valence electrons. The minimum atomic E-state index is -0.504. The maximum absolute atomic E-state index is 10.4. The van der Waals surface area contributed by atoms with Gasteiger partial charge < -0.3 is 19.8 Å². The van der Waals surface area contributed by atoms with E-state index in [0.717, 1.165) is 37.9 Å². The van der Waals surface area contributed by atoms with E-state index in [-0.39, 0.29) is 17.6 Å². The summed E-state index contributed by atoms with van der Waals surface area (Å²) in [5, 5.41) is 21.3. The molecule has 2 aliphatic rings. The first-order valence-electron chi connectivity index (χ1n) is 8.50. The van der Waals surface area contributed by atoms with Gasteiger partial charge in [-0.3, -0.25) is 0 Å². The Bertz CT molecular complexity index is 512. The van der Waals surface area contributed by atoms with E-state index >= 15 is 0 Å². The molecule has 1 aromatic rings. The van der Waals surface area contributed by atoms with E-state index in [1.807, 2.05) is 31.2 Å². The normalized spacial score (nSPS) is 28.5. The highest BCUT2D eigenvalue weighted by Gasteiger charge is 2.55. The number of aliphatic hydroxyl groups is 2. The van der Waals surface area contributed by atoms with E-state index in [1.54, 1.807) is 0 Å². The van der Waals surface area contributed by atoms with Gasteiger partial charge >= 0.3 is 0 Å². The second-order valence-electron chi connectivity index (χ2n) is 6.80. The maximum atomic E-state index is 10.4. The third kappa shape index (κ3) is 3.42. The molecule has 0 radical (unpaired) electrons. The molecule has 4 nitrogen and oxygen atoms in total. The average Bonchev–Trinajstić information content (AvgIpc) is 2.56. The van der Waals surface area contributed by atoms with Crippen LogP contribution < -0.4 is 0 Å². The van der Waals surface area contributed by atoms with E-state index in [9.17, 15) is 10.2 Å². The number of hydrogen-bond acceptors (Lipinski definition) is 4. The average molecular weight is 340 g/mol. The van der Waals surface area contributed by atoms with Crippen LogP contribution in [-0.2, 0) is 4.74 Å². The number of piperidine rings is 1. The number of aliphatic hydroxyl groups excluding tert-OH is 2. The Balaban J connectivity index is 1.54. The molecule has 1 saturated carbocycles. The van der Waals surface area contributed by atoms with Crippen LogP contribution in [0.25, 0.3) is 0 Å². The summed E-state index contributed by atoms with van der Waals surface area (Å²) in [5.41, 5.74) is 0.836. The lowest BCUT2D eigenvalue weighted by Gasteiger charge is -2.56. The first-order chi connectivity index (χ1) is 11.0. The third-order valence-corrected chi connectivity index (χ3v) is 5.83. The smallest absolute Gasteiger partial charge is 0.0916 e. The van der Waals surface area contributed by atoms with Crippen molar-refractivity contribution in [2.45, 2.75) is 44.5 Å². The molecule has 2 fully saturated rings. The van der Waals surface area contributed by atoms with E-state index < -0.39 is 6.10 Å². The van der Waals surface area contributed by atoms with Crippen LogP contribution in [0.15, 0.2) is 24.3 Å². The molecule has 0 aromatic heterocycles. The lowest BCUT2D eigenvalue weighted by molar-refractivity contribution is -0.210. The topological polar surface area (TPSA) is 52.9 Å². The van der Waals surface area contributed by atoms with Crippen LogP contribution in [0.3, 0.4) is 0 Å². The van der Waals surface area contributed by atoms with Crippen molar-refractivity contribution < 1.29 is 14.9 Å². The van der Waals surface area contributed by atoms with Crippen LogP contribution >= 0.6 is 11.6 Å². The minimum Gasteiger partial charge on any atom is -0.392 e. The molecule has 3 unspecified atom stereocenters. The van der Waals surface area contributed by atoms with E-state index in [2.05, 4.69) is 4.90 Å². The lowest BCUT2D eigenvalue weighted by atomic mass is 9.58. The zero-order valence-electron chi connectivity index (χ0n) is 13.6. The number of benzene rings is 1. The molecule has 1 aliphatic heterocycles. The highest BCUT2D eigenvalue weighted by atomic mass is 35.5. The van der Waals surface area contributed by atoms with E-state index in [4.69, 9.17) is 16.3 Å². The molecule has 5 heteroatoms. The molecule has 1 aliphatic carbocycles. The van der Waals surface area contributed by atoms with Gasteiger partial charge in [0.25, 0.3) is 0 Å². The van der Waals surface area contributed by atoms with Crippen molar-refractivity contribution in [3.05, 3.63) is 34.9 Å². The summed E-state index contributed by atoms with van der Waals surface area (Å²) >= 11 is 5.89. The Morgan fingerprint density at radius 3 is 2.52 bits per heavy atom. The van der Waals surface area contributed by atoms with Gasteiger partial charge in [0, 0.05) is 30.0 Å². The van der Waals surface area contributed by atoms with Gasteiger partial charge in [-0.15, -0.1) is 0 Å². The first-order valence-corrected chi connectivity index (χ1v) is 8.88. The Morgan fingerprint density at radius 1 is 1.30 bits per heavy atom. The number of likely N-dealkylation sites (tertiary alicyclic amines) is 1. The van der Waals surface area contributed by atoms with Crippen LogP contribution in [0.4, 0.5) is 0 Å². The molecule has 1 spiro atoms. The quantitative estimate of drug-likeness (QED) is 0.866. The maximum Gasteiger partial charge on any atom is 0.0916 e. The van der Waals surface area contributed by atoms with Gasteiger partial charge in [-0.1, -0.05) is 23.7 Å². The zero-order valence-corrected chi connectivity index (χ0v) is 14.4. The molecule has 0 bridgehead atoms. The Morgan fingerprint density at radius 2 is 1.96 bits per heavy atom. The van der Waals surface area contributed by atoms with Crippen molar-refractivity contribution in [2.75, 3.05) is 26.2 Å². The zero-order chi connectivity index (χ0) is 16.4. The molecule has 3 rings (SSSR count). The Labute approximate surface area is 143 Å². The number of hydrogen-bond donors (Lipinski definition) is 2. The summed E-state index contributed by atoms with van der Waals surface area (Å²) in [5.74, 6) is 0. The van der Waals surface area contributed by atoms with Crippen molar-refractivity contribution in [1.82, 2.24) is 4.90 Å². The molecular formula is C18H26ClNO3. The number of nitrogens with zero attached hydrogens (tertiary/aromatic N) is 1. The van der Waals surface area contributed by atoms with Gasteiger partial charge in [-0.25, -0.2) is 0 Å². The molecule has 0 amide bonds. The summed E-state index contributed by atoms with van der Waals surface area (Å²) in [6.07, 6.45) is 2.10. The van der Waals surface area contributed by atoms with Gasteiger partial charge in [0.2, 0.25) is 0 Å². The van der Waals surface area contributed by atoms with E-state index in [1.165, 1.54) is 0 Å². The van der Waals surface area contributed by atoms with Gasteiger partial charge in [0.1, 0.15) is 0 Å². The van der Waals surface area contributed by atoms with Crippen molar-refractivity contribution in [2.24, 2.45) is 5.41 Å². The summed E-state index contributed by atoms with van der Waals surface area (Å²) in [6, 6.07) is 7.36. The minimum absolute atomic E-state index is 0.0578. The van der Waals surface area contributed by atoms with Crippen LogP contribution in [0, 0.1) is 5.41 Å². The largest absolute Gasteiger partial charge is 0.392 e. The monoisotopic (exact) mass is 339 g/mol. The van der Waals surface area contributed by atoms with Crippen LogP contribution in [0.2, 0.25) is 5.02 Å². The fraction of sp³-hybridized carbons (Fsp3) is 0.667. The number of halogens is 1. The van der Waals surface area contributed by atoms with Crippen molar-refractivity contribution >= 4 is 11.6 Å². The van der Waals surface area contributed by atoms with Gasteiger partial charge in [-0.05, 0) is 50.6 Å². The number of ether oxygens (including phenoxy) is 1. The third-order valence-electron chi connectivity index (χ3n) is 5.58. The second-order valence-corrected chi connectivity index (χ2v) is 7.23. The van der Waals surface area contributed by atoms with Crippen LogP contribution in [-0.4, -0.2) is 53.6 Å². The lowest BCUT2D eigenvalue weighted by Crippen LogP contribution is -2.62. The van der Waals surface area contributed by atoms with Crippen molar-refractivity contribution in [1.29, 1.82) is 0 Å². The summed E-state index contributed by atoms with van der Waals surface area (Å²) in [6.45, 7) is 5.12. The predicted molar refractivity (Wildman–Crippen MR) is 90.6 cm³/mol. The van der Waals surface area contributed by atoms with Crippen LogP contribution in [0.1, 0.15) is 37.9 Å². The Hall–Kier alpha value is -0.650. The number of rotatable bonds is 5. The second kappa shape index (κ2) is 7.08. The van der Waals surface area contributed by atoms with Crippen LogP contribution in [0.5, 0.6) is 0 Å². The SMILES string of the molecule is CCOC1CC(O)C12CCN(CC(O)c1ccc(Cl)cc1)CC2. The highest BCUT2D eigenvalue weighted by molar-refractivity contribution is 6.30. The molecular weight excluding hydrogens is 314 g/mol. The Kier molecular flexibility index (Phi) is 5.29. The molecule has 3 atom stereocenters. The van der Waals surface area contributed by atoms with Crippen molar-refractivity contribution in [3.63, 3.8) is 0 Å². The summed E-state index contributed by atoms with van der Waals surface area (Å²) in [7, 11) is 0. The molecule has 1 heterocycles. The van der Waals surface area contributed by atoms with E-state index in [0.29, 0.717) is 18.2 Å². The summed E-state index contributed by atoms with van der Waals surface area (Å²) < 4.78 is 5.80. The molecule has 1 saturated heterocycles. The molecule has 2 N–H and O–H groups in total. The van der Waals surface area contributed by atoms with Gasteiger partial charge in [0.15, 0.2) is 0 Å². The summed E-state index contributed by atoms with van der Waals surface area (Å²) in [4.78, 5) is 2.28. The standard InChI is InChI=1S/C18H26ClNO3/c1-2-23-17-11-16(22)18(17)7-9-20(10-8-18)12-15(21)13-3-5-14(19)6-4-13/h3-6,15-17,21-22H,2,7-12H2,1H3. The molecule has 23 heavy (non-hydrogen) atoms.